The van der Waals surface area contributed by atoms with E-state index in [4.69, 9.17) is 0 Å². The molecule has 0 saturated carbocycles. The van der Waals surface area contributed by atoms with E-state index < -0.39 is 0 Å². The van der Waals surface area contributed by atoms with Crippen molar-refractivity contribution >= 4 is 59.2 Å². The SMILES string of the molecule is C1=CC(N(c2ccc(-c3cccc4sc5ccccc5c34)cc2)c2ccc3ccccc3c2-c2ccccc2)=C2c3ccccc3-c3ccccc3-c3ccccc3C2C1. The standard InChI is InChI=1S/C58H39NS/c1-2-17-40(18-3-1)56-42-19-5-4-16-38(42)34-37-53(56)59(41-35-32-39(33-36-41)43-27-15-31-55-58(43)51-26-12-13-30-54(51)60-55)52-29-14-28-50-48-23-9-8-22-46(48)44-20-6-7-21-45(44)47-24-10-11-25-49(47)57(50)52/h1-27,29-37,50H,28H2. The number of fused-ring (bicyclic) bond motifs is 12. The summed E-state index contributed by atoms with van der Waals surface area (Å²) < 4.78 is 2.64. The lowest BCUT2D eigenvalue weighted by Gasteiger charge is -2.37. The largest absolute Gasteiger partial charge is 0.310 e. The number of hydrogen-bond donors (Lipinski definition) is 0. The van der Waals surface area contributed by atoms with Crippen molar-refractivity contribution in [1.29, 1.82) is 0 Å². The van der Waals surface area contributed by atoms with Gasteiger partial charge in [-0.05, 0) is 109 Å². The fourth-order valence-corrected chi connectivity index (χ4v) is 11.2. The number of hydrogen-bond acceptors (Lipinski definition) is 2. The third kappa shape index (κ3) is 5.52. The number of nitrogens with zero attached hydrogens (tertiary/aromatic N) is 1. The first-order valence-corrected chi connectivity index (χ1v) is 21.7. The van der Waals surface area contributed by atoms with Crippen LogP contribution in [0.5, 0.6) is 0 Å². The highest BCUT2D eigenvalue weighted by molar-refractivity contribution is 7.25. The molecule has 0 amide bonds. The van der Waals surface area contributed by atoms with Gasteiger partial charge in [-0.15, -0.1) is 11.3 Å². The minimum Gasteiger partial charge on any atom is -0.310 e. The minimum absolute atomic E-state index is 0.141. The smallest absolute Gasteiger partial charge is 0.0546 e. The highest BCUT2D eigenvalue weighted by atomic mass is 32.1. The normalized spacial score (nSPS) is 14.3. The van der Waals surface area contributed by atoms with Crippen molar-refractivity contribution in [2.45, 2.75) is 12.3 Å². The summed E-state index contributed by atoms with van der Waals surface area (Å²) in [7, 11) is 0. The number of anilines is 2. The Balaban J connectivity index is 1.16. The van der Waals surface area contributed by atoms with E-state index in [1.807, 2.05) is 11.3 Å². The zero-order valence-electron chi connectivity index (χ0n) is 32.9. The summed E-state index contributed by atoms with van der Waals surface area (Å²) in [4.78, 5) is 2.56. The molecule has 2 aliphatic carbocycles. The maximum Gasteiger partial charge on any atom is 0.0546 e. The Hall–Kier alpha value is -7.26. The van der Waals surface area contributed by atoms with Gasteiger partial charge >= 0.3 is 0 Å². The molecular formula is C58H39NS. The maximum absolute atomic E-state index is 2.56. The van der Waals surface area contributed by atoms with Crippen LogP contribution in [-0.2, 0) is 0 Å². The van der Waals surface area contributed by atoms with Crippen molar-refractivity contribution in [1.82, 2.24) is 0 Å². The molecule has 1 aromatic heterocycles. The van der Waals surface area contributed by atoms with Gasteiger partial charge in [-0.1, -0.05) is 182 Å². The average molecular weight is 782 g/mol. The van der Waals surface area contributed by atoms with Crippen molar-refractivity contribution in [3.05, 3.63) is 235 Å². The highest BCUT2D eigenvalue weighted by Crippen LogP contribution is 2.53. The van der Waals surface area contributed by atoms with Gasteiger partial charge in [0.2, 0.25) is 0 Å². The summed E-state index contributed by atoms with van der Waals surface area (Å²) in [6, 6.07) is 76.5. The van der Waals surface area contributed by atoms with Crippen molar-refractivity contribution in [2.75, 3.05) is 4.90 Å². The molecule has 2 heteroatoms. The summed E-state index contributed by atoms with van der Waals surface area (Å²) >= 11 is 1.87. The Morgan fingerprint density at radius 2 is 1.05 bits per heavy atom. The molecule has 1 heterocycles. The molecule has 0 saturated heterocycles. The van der Waals surface area contributed by atoms with E-state index in [1.54, 1.807) is 0 Å². The van der Waals surface area contributed by atoms with Crippen LogP contribution in [0.1, 0.15) is 23.5 Å². The van der Waals surface area contributed by atoms with Gasteiger partial charge in [0, 0.05) is 37.3 Å². The molecule has 0 N–H and O–H groups in total. The van der Waals surface area contributed by atoms with Crippen LogP contribution in [0.3, 0.4) is 0 Å². The van der Waals surface area contributed by atoms with E-state index in [2.05, 4.69) is 223 Å². The zero-order valence-corrected chi connectivity index (χ0v) is 33.7. The van der Waals surface area contributed by atoms with Crippen LogP contribution in [0.2, 0.25) is 0 Å². The quantitative estimate of drug-likeness (QED) is 0.168. The third-order valence-electron chi connectivity index (χ3n) is 12.6. The fourth-order valence-electron chi connectivity index (χ4n) is 10.0. The fraction of sp³-hybridized carbons (Fsp3) is 0.0345. The molecule has 0 radical (unpaired) electrons. The highest BCUT2D eigenvalue weighted by Gasteiger charge is 2.33. The van der Waals surface area contributed by atoms with Gasteiger partial charge in [0.05, 0.1) is 11.4 Å². The predicted octanol–water partition coefficient (Wildman–Crippen LogP) is 16.5. The number of benzene rings is 9. The van der Waals surface area contributed by atoms with E-state index in [1.165, 1.54) is 97.8 Å². The Labute approximate surface area is 354 Å². The minimum atomic E-state index is 0.141. The van der Waals surface area contributed by atoms with Crippen LogP contribution in [0.4, 0.5) is 11.4 Å². The lowest BCUT2D eigenvalue weighted by molar-refractivity contribution is 0.860. The van der Waals surface area contributed by atoms with Crippen molar-refractivity contribution < 1.29 is 0 Å². The first-order chi connectivity index (χ1) is 29.8. The van der Waals surface area contributed by atoms with E-state index in [0.29, 0.717) is 0 Å². The third-order valence-corrected chi connectivity index (χ3v) is 13.8. The number of thiophene rings is 1. The summed E-state index contributed by atoms with van der Waals surface area (Å²) in [6.45, 7) is 0. The van der Waals surface area contributed by atoms with Gasteiger partial charge in [0.1, 0.15) is 0 Å². The van der Waals surface area contributed by atoms with E-state index in [0.717, 1.165) is 17.8 Å². The predicted molar refractivity (Wildman–Crippen MR) is 257 cm³/mol. The second-order valence-corrected chi connectivity index (χ2v) is 17.0. The molecule has 282 valence electrons. The second kappa shape index (κ2) is 14.2. The van der Waals surface area contributed by atoms with Crippen LogP contribution in [0.25, 0.3) is 81.0 Å². The molecule has 12 rings (SSSR count). The zero-order chi connectivity index (χ0) is 39.6. The van der Waals surface area contributed by atoms with Gasteiger partial charge in [0.15, 0.2) is 0 Å². The molecule has 1 unspecified atom stereocenters. The molecule has 0 bridgehead atoms. The molecular weight excluding hydrogens is 743 g/mol. The summed E-state index contributed by atoms with van der Waals surface area (Å²) in [5, 5.41) is 5.11. The molecule has 9 aromatic carbocycles. The average Bonchev–Trinajstić information content (AvgIpc) is 3.71. The molecule has 1 atom stereocenters. The van der Waals surface area contributed by atoms with Crippen LogP contribution in [0, 0.1) is 0 Å². The van der Waals surface area contributed by atoms with Crippen molar-refractivity contribution in [3.8, 4) is 44.5 Å². The van der Waals surface area contributed by atoms with Gasteiger partial charge < -0.3 is 4.90 Å². The van der Waals surface area contributed by atoms with Gasteiger partial charge in [-0.2, -0.15) is 0 Å². The summed E-state index contributed by atoms with van der Waals surface area (Å²) in [5.74, 6) is 0.141. The molecule has 0 aliphatic heterocycles. The topological polar surface area (TPSA) is 3.24 Å². The van der Waals surface area contributed by atoms with Crippen LogP contribution >= 0.6 is 11.3 Å². The molecule has 0 spiro atoms. The van der Waals surface area contributed by atoms with Crippen molar-refractivity contribution in [3.63, 3.8) is 0 Å². The van der Waals surface area contributed by atoms with E-state index >= 15 is 0 Å². The Morgan fingerprint density at radius 3 is 1.87 bits per heavy atom. The van der Waals surface area contributed by atoms with E-state index in [-0.39, 0.29) is 5.92 Å². The van der Waals surface area contributed by atoms with Gasteiger partial charge in [0.25, 0.3) is 0 Å². The van der Waals surface area contributed by atoms with Crippen LogP contribution in [0.15, 0.2) is 224 Å². The molecule has 60 heavy (non-hydrogen) atoms. The van der Waals surface area contributed by atoms with Crippen molar-refractivity contribution in [2.24, 2.45) is 0 Å². The van der Waals surface area contributed by atoms with Crippen LogP contribution in [-0.4, -0.2) is 0 Å². The lowest BCUT2D eigenvalue weighted by atomic mass is 9.73. The maximum atomic E-state index is 2.56. The molecule has 0 fully saturated rings. The van der Waals surface area contributed by atoms with Gasteiger partial charge in [-0.25, -0.2) is 0 Å². The first kappa shape index (κ1) is 34.8. The Morgan fingerprint density at radius 1 is 0.433 bits per heavy atom. The molecule has 2 aliphatic rings. The summed E-state index contributed by atoms with van der Waals surface area (Å²) in [5.41, 5.74) is 17.5. The number of allylic oxidation sites excluding steroid dienone is 3. The second-order valence-electron chi connectivity index (χ2n) is 15.9. The van der Waals surface area contributed by atoms with E-state index in [9.17, 15) is 0 Å². The molecule has 1 nitrogen and oxygen atoms in total. The van der Waals surface area contributed by atoms with Gasteiger partial charge in [-0.3, -0.25) is 0 Å². The molecule has 10 aromatic rings. The summed E-state index contributed by atoms with van der Waals surface area (Å²) in [6.07, 6.45) is 5.72. The first-order valence-electron chi connectivity index (χ1n) is 20.9. The lowest BCUT2D eigenvalue weighted by Crippen LogP contribution is -2.22. The monoisotopic (exact) mass is 781 g/mol. The Bertz CT molecular complexity index is 3350. The van der Waals surface area contributed by atoms with Crippen LogP contribution < -0.4 is 4.90 Å². The Kier molecular flexibility index (Phi) is 8.24. The number of rotatable bonds is 5.